The number of benzene rings is 1. The molecular formula is C18H26ClN3O. The fourth-order valence-electron chi connectivity index (χ4n) is 3.86. The normalized spacial score (nSPS) is 31.9. The predicted molar refractivity (Wildman–Crippen MR) is 93.3 cm³/mol. The summed E-state index contributed by atoms with van der Waals surface area (Å²) in [6.45, 7) is 5.84. The van der Waals surface area contributed by atoms with Gasteiger partial charge in [-0.15, -0.1) is 0 Å². The van der Waals surface area contributed by atoms with Gasteiger partial charge in [-0.05, 0) is 44.4 Å². The third kappa shape index (κ3) is 3.70. The number of carbonyl (C=O) groups is 1. The largest absolute Gasteiger partial charge is 0.342 e. The molecule has 126 valence electrons. The maximum absolute atomic E-state index is 13.0. The summed E-state index contributed by atoms with van der Waals surface area (Å²) in [5.41, 5.74) is 7.67. The highest BCUT2D eigenvalue weighted by molar-refractivity contribution is 6.30. The van der Waals surface area contributed by atoms with Gasteiger partial charge in [0.1, 0.15) is 0 Å². The monoisotopic (exact) mass is 335 g/mol. The highest BCUT2D eigenvalue weighted by atomic mass is 35.5. The van der Waals surface area contributed by atoms with Crippen LogP contribution in [0, 0.1) is 5.92 Å². The van der Waals surface area contributed by atoms with E-state index in [4.69, 9.17) is 11.6 Å². The molecule has 1 aromatic carbocycles. The minimum absolute atomic E-state index is 0.0129. The summed E-state index contributed by atoms with van der Waals surface area (Å²) in [7, 11) is 0. The van der Waals surface area contributed by atoms with E-state index in [0.29, 0.717) is 5.92 Å². The Balaban J connectivity index is 1.74. The average molecular weight is 336 g/mol. The van der Waals surface area contributed by atoms with Gasteiger partial charge in [0, 0.05) is 36.1 Å². The van der Waals surface area contributed by atoms with Crippen LogP contribution in [-0.2, 0) is 4.79 Å². The van der Waals surface area contributed by atoms with Crippen molar-refractivity contribution >= 4 is 17.5 Å². The number of amides is 1. The maximum Gasteiger partial charge on any atom is 0.228 e. The lowest BCUT2D eigenvalue weighted by Gasteiger charge is -2.29. The first-order valence-corrected chi connectivity index (χ1v) is 8.99. The van der Waals surface area contributed by atoms with E-state index in [9.17, 15) is 4.79 Å². The molecule has 3 unspecified atom stereocenters. The van der Waals surface area contributed by atoms with Crippen LogP contribution in [0.15, 0.2) is 24.3 Å². The van der Waals surface area contributed by atoms with Crippen LogP contribution in [0.1, 0.15) is 44.6 Å². The summed E-state index contributed by atoms with van der Waals surface area (Å²) in [6, 6.07) is 8.45. The Morgan fingerprint density at radius 3 is 2.43 bits per heavy atom. The number of nitrogens with zero attached hydrogens (tertiary/aromatic N) is 1. The Morgan fingerprint density at radius 2 is 1.78 bits per heavy atom. The molecule has 3 rings (SSSR count). The van der Waals surface area contributed by atoms with Crippen LogP contribution in [0.2, 0.25) is 5.02 Å². The number of rotatable bonds is 2. The van der Waals surface area contributed by atoms with Gasteiger partial charge in [0.2, 0.25) is 5.91 Å². The van der Waals surface area contributed by atoms with Crippen molar-refractivity contribution in [3.8, 4) is 0 Å². The van der Waals surface area contributed by atoms with E-state index in [0.717, 1.165) is 31.0 Å². The molecule has 1 aromatic rings. The molecule has 4 nitrogen and oxygen atoms in total. The van der Waals surface area contributed by atoms with Crippen LogP contribution >= 0.6 is 11.6 Å². The fraction of sp³-hybridized carbons (Fsp3) is 0.611. The number of hydrogen-bond acceptors (Lipinski definition) is 3. The zero-order chi connectivity index (χ0) is 16.4. The molecule has 0 spiro atoms. The maximum atomic E-state index is 13.0. The number of hydrogen-bond donors (Lipinski definition) is 2. The molecule has 2 N–H and O–H groups in total. The van der Waals surface area contributed by atoms with Crippen molar-refractivity contribution in [2.45, 2.75) is 51.1 Å². The fourth-order valence-corrected chi connectivity index (χ4v) is 3.99. The van der Waals surface area contributed by atoms with Gasteiger partial charge < -0.3 is 4.90 Å². The molecule has 3 atom stereocenters. The van der Waals surface area contributed by atoms with Gasteiger partial charge in [-0.1, -0.05) is 30.2 Å². The number of likely N-dealkylation sites (tertiary alicyclic amines) is 1. The number of carbonyl (C=O) groups excluding carboxylic acids is 1. The Labute approximate surface area is 143 Å². The molecule has 2 saturated heterocycles. The Morgan fingerprint density at radius 1 is 1.13 bits per heavy atom. The summed E-state index contributed by atoms with van der Waals surface area (Å²) >= 11 is 6.00. The summed E-state index contributed by atoms with van der Waals surface area (Å²) < 4.78 is 0. The smallest absolute Gasteiger partial charge is 0.228 e. The molecule has 0 saturated carbocycles. The van der Waals surface area contributed by atoms with Crippen molar-refractivity contribution in [1.82, 2.24) is 15.8 Å². The minimum Gasteiger partial charge on any atom is -0.342 e. The van der Waals surface area contributed by atoms with Gasteiger partial charge >= 0.3 is 0 Å². The van der Waals surface area contributed by atoms with Gasteiger partial charge in [-0.25, -0.2) is 0 Å². The molecule has 0 aliphatic carbocycles. The van der Waals surface area contributed by atoms with Crippen molar-refractivity contribution in [2.75, 3.05) is 13.1 Å². The Kier molecular flexibility index (Phi) is 5.24. The van der Waals surface area contributed by atoms with Crippen molar-refractivity contribution < 1.29 is 4.79 Å². The predicted octanol–water partition coefficient (Wildman–Crippen LogP) is 2.94. The van der Waals surface area contributed by atoms with Gasteiger partial charge in [-0.3, -0.25) is 15.6 Å². The molecule has 2 aliphatic heterocycles. The molecule has 2 aliphatic rings. The summed E-state index contributed by atoms with van der Waals surface area (Å²) in [5.74, 6) is 0.703. The lowest BCUT2D eigenvalue weighted by Crippen LogP contribution is -2.44. The standard InChI is InChI=1S/C18H26ClN3O/c1-12-17(13(2)21-20-12)18(23)22-10-4-3-5-15(11-22)14-6-8-16(19)9-7-14/h6-9,12-13,15,17,20-21H,3-5,10-11H2,1-2H3. The van der Waals surface area contributed by atoms with E-state index in [1.54, 1.807) is 0 Å². The second-order valence-electron chi connectivity index (χ2n) is 6.92. The van der Waals surface area contributed by atoms with Crippen molar-refractivity contribution in [2.24, 2.45) is 5.92 Å². The quantitative estimate of drug-likeness (QED) is 0.873. The first kappa shape index (κ1) is 16.7. The van der Waals surface area contributed by atoms with E-state index < -0.39 is 0 Å². The average Bonchev–Trinajstić information content (AvgIpc) is 2.76. The van der Waals surface area contributed by atoms with Gasteiger partial charge in [0.25, 0.3) is 0 Å². The van der Waals surface area contributed by atoms with Gasteiger partial charge in [-0.2, -0.15) is 0 Å². The number of hydrazine groups is 1. The zero-order valence-corrected chi connectivity index (χ0v) is 14.6. The van der Waals surface area contributed by atoms with Crippen LogP contribution < -0.4 is 10.9 Å². The molecule has 2 fully saturated rings. The van der Waals surface area contributed by atoms with Crippen LogP contribution in [0.5, 0.6) is 0 Å². The Bertz CT molecular complexity index is 538. The highest BCUT2D eigenvalue weighted by Crippen LogP contribution is 2.29. The molecule has 23 heavy (non-hydrogen) atoms. The summed E-state index contributed by atoms with van der Waals surface area (Å²) in [6.07, 6.45) is 3.40. The first-order chi connectivity index (χ1) is 11.1. The number of halogens is 1. The summed E-state index contributed by atoms with van der Waals surface area (Å²) in [5, 5.41) is 0.765. The lowest BCUT2D eigenvalue weighted by atomic mass is 9.92. The van der Waals surface area contributed by atoms with Crippen LogP contribution in [0.25, 0.3) is 0 Å². The molecule has 1 amide bonds. The van der Waals surface area contributed by atoms with E-state index in [1.807, 2.05) is 12.1 Å². The summed E-state index contributed by atoms with van der Waals surface area (Å²) in [4.78, 5) is 15.1. The van der Waals surface area contributed by atoms with Gasteiger partial charge in [0.15, 0.2) is 0 Å². The molecule has 0 aromatic heterocycles. The van der Waals surface area contributed by atoms with Crippen LogP contribution in [0.4, 0.5) is 0 Å². The van der Waals surface area contributed by atoms with Crippen LogP contribution in [0.3, 0.4) is 0 Å². The van der Waals surface area contributed by atoms with Crippen molar-refractivity contribution in [3.63, 3.8) is 0 Å². The topological polar surface area (TPSA) is 44.4 Å². The van der Waals surface area contributed by atoms with Crippen molar-refractivity contribution in [3.05, 3.63) is 34.9 Å². The molecule has 0 bridgehead atoms. The minimum atomic E-state index is 0.0129. The highest BCUT2D eigenvalue weighted by Gasteiger charge is 2.38. The van der Waals surface area contributed by atoms with Crippen molar-refractivity contribution in [1.29, 1.82) is 0 Å². The number of nitrogens with one attached hydrogen (secondary N) is 2. The van der Waals surface area contributed by atoms with E-state index >= 15 is 0 Å². The molecule has 0 radical (unpaired) electrons. The molecule has 5 heteroatoms. The molecular weight excluding hydrogens is 310 g/mol. The third-order valence-electron chi connectivity index (χ3n) is 5.23. The SMILES string of the molecule is CC1NNC(C)C1C(=O)N1CCCCC(c2ccc(Cl)cc2)C1. The zero-order valence-electron chi connectivity index (χ0n) is 13.9. The Hall–Kier alpha value is -1.10. The van der Waals surface area contributed by atoms with Crippen LogP contribution in [-0.4, -0.2) is 36.0 Å². The van der Waals surface area contributed by atoms with E-state index in [1.165, 1.54) is 12.0 Å². The van der Waals surface area contributed by atoms with Gasteiger partial charge in [0.05, 0.1) is 5.92 Å². The second-order valence-corrected chi connectivity index (χ2v) is 7.36. The molecule has 2 heterocycles. The first-order valence-electron chi connectivity index (χ1n) is 8.61. The lowest BCUT2D eigenvalue weighted by molar-refractivity contribution is -0.136. The van der Waals surface area contributed by atoms with E-state index in [-0.39, 0.29) is 23.9 Å². The second kappa shape index (κ2) is 7.20. The van der Waals surface area contributed by atoms with E-state index in [2.05, 4.69) is 41.7 Å². The third-order valence-corrected chi connectivity index (χ3v) is 5.48.